The zero-order valence-electron chi connectivity index (χ0n) is 16.4. The van der Waals surface area contributed by atoms with Gasteiger partial charge in [0.1, 0.15) is 11.5 Å². The first-order chi connectivity index (χ1) is 13.5. The van der Waals surface area contributed by atoms with Crippen LogP contribution in [0.5, 0.6) is 11.5 Å². The third kappa shape index (κ3) is 4.31. The highest BCUT2D eigenvalue weighted by Crippen LogP contribution is 2.29. The summed E-state index contributed by atoms with van der Waals surface area (Å²) in [5, 5.41) is 3.64. The number of aryl methyl sites for hydroxylation is 1. The van der Waals surface area contributed by atoms with Crippen LogP contribution in [0.3, 0.4) is 0 Å². The van der Waals surface area contributed by atoms with Crippen LogP contribution in [0.1, 0.15) is 11.1 Å². The number of carbonyl (C=O) groups is 1. The fraction of sp³-hybridized carbons (Fsp3) is 0.238. The molecule has 1 aromatic heterocycles. The van der Waals surface area contributed by atoms with E-state index in [9.17, 15) is 4.79 Å². The molecule has 3 aromatic rings. The van der Waals surface area contributed by atoms with E-state index in [1.807, 2.05) is 16.8 Å². The normalized spacial score (nSPS) is 10.6. The SMILES string of the molecule is COc1ccc(OC)c(NC(=O)CSc2nccn2-c2cccc(C)c2C)c1. The second-order valence-corrected chi connectivity index (χ2v) is 7.14. The number of anilines is 1. The van der Waals surface area contributed by atoms with Crippen molar-refractivity contribution < 1.29 is 14.3 Å². The Kier molecular flexibility index (Phi) is 6.26. The van der Waals surface area contributed by atoms with Crippen LogP contribution < -0.4 is 14.8 Å². The van der Waals surface area contributed by atoms with Crippen LogP contribution in [0, 0.1) is 13.8 Å². The molecule has 0 aliphatic heterocycles. The molecule has 1 N–H and O–H groups in total. The zero-order chi connectivity index (χ0) is 20.1. The minimum absolute atomic E-state index is 0.146. The molecule has 2 aromatic carbocycles. The lowest BCUT2D eigenvalue weighted by molar-refractivity contribution is -0.113. The largest absolute Gasteiger partial charge is 0.497 e. The molecule has 7 heteroatoms. The minimum Gasteiger partial charge on any atom is -0.497 e. The van der Waals surface area contributed by atoms with Crippen LogP contribution in [-0.2, 0) is 4.79 Å². The molecule has 0 saturated carbocycles. The zero-order valence-corrected chi connectivity index (χ0v) is 17.2. The average Bonchev–Trinajstić information content (AvgIpc) is 3.16. The molecular formula is C21H23N3O3S. The maximum Gasteiger partial charge on any atom is 0.234 e. The summed E-state index contributed by atoms with van der Waals surface area (Å²) >= 11 is 1.38. The van der Waals surface area contributed by atoms with Crippen molar-refractivity contribution in [2.24, 2.45) is 0 Å². The first-order valence-electron chi connectivity index (χ1n) is 8.78. The number of carbonyl (C=O) groups excluding carboxylic acids is 1. The Morgan fingerprint density at radius 3 is 2.75 bits per heavy atom. The molecule has 0 spiro atoms. The van der Waals surface area contributed by atoms with Gasteiger partial charge in [-0.15, -0.1) is 0 Å². The lowest BCUT2D eigenvalue weighted by atomic mass is 10.1. The summed E-state index contributed by atoms with van der Waals surface area (Å²) in [6, 6.07) is 11.4. The van der Waals surface area contributed by atoms with E-state index in [4.69, 9.17) is 9.47 Å². The molecular weight excluding hydrogens is 374 g/mol. The highest BCUT2D eigenvalue weighted by atomic mass is 32.2. The Morgan fingerprint density at radius 1 is 1.18 bits per heavy atom. The second kappa shape index (κ2) is 8.84. The highest BCUT2D eigenvalue weighted by Gasteiger charge is 2.13. The summed E-state index contributed by atoms with van der Waals surface area (Å²) < 4.78 is 12.5. The van der Waals surface area contributed by atoms with E-state index in [0.29, 0.717) is 17.2 Å². The van der Waals surface area contributed by atoms with Crippen molar-refractivity contribution in [1.29, 1.82) is 0 Å². The molecule has 0 saturated heterocycles. The number of amides is 1. The Labute approximate surface area is 168 Å². The summed E-state index contributed by atoms with van der Waals surface area (Å²) in [5.41, 5.74) is 4.04. The van der Waals surface area contributed by atoms with Gasteiger partial charge in [-0.2, -0.15) is 0 Å². The van der Waals surface area contributed by atoms with E-state index in [1.54, 1.807) is 38.6 Å². The fourth-order valence-corrected chi connectivity index (χ4v) is 3.57. The second-order valence-electron chi connectivity index (χ2n) is 6.20. The van der Waals surface area contributed by atoms with Crippen molar-refractivity contribution >= 4 is 23.4 Å². The number of benzene rings is 2. The molecule has 1 amide bonds. The van der Waals surface area contributed by atoms with Crippen LogP contribution >= 0.6 is 11.8 Å². The number of rotatable bonds is 7. The highest BCUT2D eigenvalue weighted by molar-refractivity contribution is 7.99. The topological polar surface area (TPSA) is 65.4 Å². The number of nitrogens with one attached hydrogen (secondary N) is 1. The Bertz CT molecular complexity index is 985. The molecule has 1 heterocycles. The van der Waals surface area contributed by atoms with Crippen molar-refractivity contribution in [2.45, 2.75) is 19.0 Å². The number of thioether (sulfide) groups is 1. The monoisotopic (exact) mass is 397 g/mol. The van der Waals surface area contributed by atoms with Gasteiger partial charge >= 0.3 is 0 Å². The smallest absolute Gasteiger partial charge is 0.234 e. The van der Waals surface area contributed by atoms with Crippen molar-refractivity contribution in [3.8, 4) is 17.2 Å². The number of hydrogen-bond acceptors (Lipinski definition) is 5. The number of nitrogens with zero attached hydrogens (tertiary/aromatic N) is 2. The molecule has 6 nitrogen and oxygen atoms in total. The van der Waals surface area contributed by atoms with Crippen LogP contribution in [0.4, 0.5) is 5.69 Å². The van der Waals surface area contributed by atoms with Gasteiger partial charge in [0.25, 0.3) is 0 Å². The van der Waals surface area contributed by atoms with E-state index >= 15 is 0 Å². The number of ether oxygens (including phenoxy) is 2. The van der Waals surface area contributed by atoms with Gasteiger partial charge in [0.2, 0.25) is 5.91 Å². The molecule has 28 heavy (non-hydrogen) atoms. The van der Waals surface area contributed by atoms with Crippen LogP contribution in [0.15, 0.2) is 53.9 Å². The van der Waals surface area contributed by atoms with Gasteiger partial charge in [0.05, 0.1) is 31.3 Å². The first kappa shape index (κ1) is 19.8. The summed E-state index contributed by atoms with van der Waals surface area (Å²) in [5.74, 6) is 1.31. The maximum absolute atomic E-state index is 12.5. The molecule has 146 valence electrons. The van der Waals surface area contributed by atoms with Crippen molar-refractivity contribution in [2.75, 3.05) is 25.3 Å². The molecule has 0 fully saturated rings. The molecule has 0 unspecified atom stereocenters. The quantitative estimate of drug-likeness (QED) is 0.604. The lowest BCUT2D eigenvalue weighted by Crippen LogP contribution is -2.15. The van der Waals surface area contributed by atoms with E-state index in [-0.39, 0.29) is 11.7 Å². The molecule has 0 bridgehead atoms. The van der Waals surface area contributed by atoms with E-state index in [2.05, 4.69) is 36.3 Å². The fourth-order valence-electron chi connectivity index (χ4n) is 2.80. The molecule has 0 atom stereocenters. The van der Waals surface area contributed by atoms with Gasteiger partial charge in [-0.05, 0) is 43.2 Å². The van der Waals surface area contributed by atoms with Crippen LogP contribution in [0.2, 0.25) is 0 Å². The summed E-state index contributed by atoms with van der Waals surface area (Å²) in [7, 11) is 3.14. The van der Waals surface area contributed by atoms with Gasteiger partial charge in [-0.1, -0.05) is 23.9 Å². The summed E-state index contributed by atoms with van der Waals surface area (Å²) in [6.45, 7) is 4.17. The Hall–Kier alpha value is -2.93. The van der Waals surface area contributed by atoms with Gasteiger partial charge in [0, 0.05) is 18.5 Å². The van der Waals surface area contributed by atoms with Gasteiger partial charge < -0.3 is 14.8 Å². The van der Waals surface area contributed by atoms with E-state index in [0.717, 1.165) is 10.8 Å². The number of imidazole rings is 1. The maximum atomic E-state index is 12.5. The van der Waals surface area contributed by atoms with Gasteiger partial charge in [0.15, 0.2) is 5.16 Å². The molecule has 0 aliphatic carbocycles. The van der Waals surface area contributed by atoms with Crippen molar-refractivity contribution in [1.82, 2.24) is 9.55 Å². The van der Waals surface area contributed by atoms with E-state index in [1.165, 1.54) is 22.9 Å². The molecule has 0 aliphatic rings. The van der Waals surface area contributed by atoms with Crippen molar-refractivity contribution in [3.63, 3.8) is 0 Å². The Balaban J connectivity index is 1.72. The molecule has 0 radical (unpaired) electrons. The lowest BCUT2D eigenvalue weighted by Gasteiger charge is -2.13. The number of aromatic nitrogens is 2. The summed E-state index contributed by atoms with van der Waals surface area (Å²) in [6.07, 6.45) is 3.65. The van der Waals surface area contributed by atoms with Gasteiger partial charge in [-0.25, -0.2) is 4.98 Å². The average molecular weight is 398 g/mol. The van der Waals surface area contributed by atoms with E-state index < -0.39 is 0 Å². The standard InChI is InChI=1S/C21H23N3O3S/c1-14-6-5-7-18(15(14)2)24-11-10-22-21(24)28-13-20(25)23-17-12-16(26-3)8-9-19(17)27-4/h5-12H,13H2,1-4H3,(H,23,25). The third-order valence-electron chi connectivity index (χ3n) is 4.46. The molecule has 3 rings (SSSR count). The Morgan fingerprint density at radius 2 is 2.00 bits per heavy atom. The third-order valence-corrected chi connectivity index (χ3v) is 5.42. The van der Waals surface area contributed by atoms with Gasteiger partial charge in [-0.3, -0.25) is 9.36 Å². The van der Waals surface area contributed by atoms with Crippen LogP contribution in [0.25, 0.3) is 5.69 Å². The van der Waals surface area contributed by atoms with Crippen LogP contribution in [-0.4, -0.2) is 35.4 Å². The van der Waals surface area contributed by atoms with Crippen molar-refractivity contribution in [3.05, 3.63) is 59.9 Å². The minimum atomic E-state index is -0.146. The predicted octanol–water partition coefficient (Wildman–Crippen LogP) is 4.24. The number of hydrogen-bond donors (Lipinski definition) is 1. The number of methoxy groups -OCH3 is 2. The summed E-state index contributed by atoms with van der Waals surface area (Å²) in [4.78, 5) is 16.9. The first-order valence-corrected chi connectivity index (χ1v) is 9.76. The predicted molar refractivity (Wildman–Crippen MR) is 112 cm³/mol.